The largest absolute Gasteiger partial charge is 0.378 e. The molecule has 0 aliphatic carbocycles. The van der Waals surface area contributed by atoms with Crippen molar-refractivity contribution in [1.29, 1.82) is 0 Å². The average molecular weight is 217 g/mol. The fourth-order valence-electron chi connectivity index (χ4n) is 1.84. The molecule has 3 nitrogen and oxygen atoms in total. The molecule has 0 spiro atoms. The number of rotatable bonds is 2. The molecule has 2 aromatic rings. The number of nitrogens with one attached hydrogen (secondary N) is 1. The van der Waals surface area contributed by atoms with Gasteiger partial charge in [0.1, 0.15) is 0 Å². The highest BCUT2D eigenvalue weighted by atomic mass is 16.5. The maximum absolute atomic E-state index is 11.6. The zero-order chi connectivity index (χ0) is 11.7. The van der Waals surface area contributed by atoms with Crippen molar-refractivity contribution in [2.45, 2.75) is 26.7 Å². The van der Waals surface area contributed by atoms with Crippen LogP contribution in [0, 0.1) is 6.92 Å². The molecular formula is C13H15NO2. The summed E-state index contributed by atoms with van der Waals surface area (Å²) in [6.07, 6.45) is 0. The summed E-state index contributed by atoms with van der Waals surface area (Å²) in [5.41, 5.74) is 2.68. The zero-order valence-corrected chi connectivity index (χ0v) is 9.70. The number of benzene rings is 1. The summed E-state index contributed by atoms with van der Waals surface area (Å²) in [6.45, 7) is 5.99. The Labute approximate surface area is 94.1 Å². The Kier molecular flexibility index (Phi) is 2.69. The van der Waals surface area contributed by atoms with Crippen molar-refractivity contribution in [3.8, 4) is 11.3 Å². The molecule has 0 radical (unpaired) electrons. The van der Waals surface area contributed by atoms with Crippen LogP contribution in [0.15, 0.2) is 33.6 Å². The van der Waals surface area contributed by atoms with Gasteiger partial charge in [0.25, 0.3) is 5.56 Å². The molecule has 2 rings (SSSR count). The van der Waals surface area contributed by atoms with Gasteiger partial charge in [0.15, 0.2) is 5.76 Å². The van der Waals surface area contributed by atoms with Crippen LogP contribution in [0.4, 0.5) is 0 Å². The molecule has 1 aromatic heterocycles. The molecular weight excluding hydrogens is 202 g/mol. The van der Waals surface area contributed by atoms with Crippen molar-refractivity contribution in [3.05, 3.63) is 45.7 Å². The maximum atomic E-state index is 11.6. The summed E-state index contributed by atoms with van der Waals surface area (Å²) in [4.78, 5) is 11.6. The number of hydrogen-bond acceptors (Lipinski definition) is 2. The second-order valence-corrected chi connectivity index (χ2v) is 4.30. The third-order valence-corrected chi connectivity index (χ3v) is 2.59. The fraction of sp³-hybridized carbons (Fsp3) is 0.308. The van der Waals surface area contributed by atoms with Crippen LogP contribution in [0.2, 0.25) is 0 Å². The van der Waals surface area contributed by atoms with E-state index in [1.165, 1.54) is 0 Å². The van der Waals surface area contributed by atoms with Gasteiger partial charge in [0.2, 0.25) is 0 Å². The van der Waals surface area contributed by atoms with Gasteiger partial charge >= 0.3 is 0 Å². The second-order valence-electron chi connectivity index (χ2n) is 4.30. The molecule has 0 unspecified atom stereocenters. The first-order valence-electron chi connectivity index (χ1n) is 5.38. The van der Waals surface area contributed by atoms with E-state index in [9.17, 15) is 4.79 Å². The number of aromatic amines is 1. The third-order valence-electron chi connectivity index (χ3n) is 2.59. The van der Waals surface area contributed by atoms with E-state index in [4.69, 9.17) is 4.52 Å². The van der Waals surface area contributed by atoms with Crippen LogP contribution < -0.4 is 5.56 Å². The molecule has 0 aliphatic heterocycles. The molecule has 3 heteroatoms. The average Bonchev–Trinajstić information content (AvgIpc) is 2.60. The Morgan fingerprint density at radius 1 is 1.31 bits per heavy atom. The van der Waals surface area contributed by atoms with E-state index in [0.717, 1.165) is 11.1 Å². The van der Waals surface area contributed by atoms with Crippen molar-refractivity contribution < 1.29 is 4.52 Å². The molecule has 0 amide bonds. The minimum absolute atomic E-state index is 0.133. The molecule has 1 N–H and O–H groups in total. The van der Waals surface area contributed by atoms with E-state index in [1.807, 2.05) is 45.0 Å². The molecule has 1 heterocycles. The Morgan fingerprint density at radius 2 is 2.06 bits per heavy atom. The summed E-state index contributed by atoms with van der Waals surface area (Å²) in [5, 5.41) is 2.41. The molecule has 84 valence electrons. The van der Waals surface area contributed by atoms with Gasteiger partial charge in [0, 0.05) is 5.56 Å². The van der Waals surface area contributed by atoms with Crippen LogP contribution in [0.5, 0.6) is 0 Å². The highest BCUT2D eigenvalue weighted by Gasteiger charge is 2.17. The third kappa shape index (κ3) is 1.81. The number of aromatic nitrogens is 1. The topological polar surface area (TPSA) is 46.0 Å². The van der Waals surface area contributed by atoms with E-state index < -0.39 is 0 Å². The summed E-state index contributed by atoms with van der Waals surface area (Å²) < 4.78 is 5.26. The fourth-order valence-corrected chi connectivity index (χ4v) is 1.84. The standard InChI is InChI=1S/C13H15NO2/c1-8(2)11-12(16-14-13(11)15)10-6-4-5-9(3)7-10/h4-8H,1-3H3,(H,14,15). The summed E-state index contributed by atoms with van der Waals surface area (Å²) in [7, 11) is 0. The van der Waals surface area contributed by atoms with E-state index in [-0.39, 0.29) is 11.5 Å². The number of H-pyrrole nitrogens is 1. The van der Waals surface area contributed by atoms with Crippen molar-refractivity contribution in [1.82, 2.24) is 5.16 Å². The van der Waals surface area contributed by atoms with Gasteiger partial charge in [-0.3, -0.25) is 4.79 Å². The molecule has 0 bridgehead atoms. The maximum Gasteiger partial charge on any atom is 0.283 e. The molecule has 0 atom stereocenters. The van der Waals surface area contributed by atoms with Crippen molar-refractivity contribution in [2.24, 2.45) is 0 Å². The first kappa shape index (κ1) is 10.7. The predicted octanol–water partition coefficient (Wildman–Crippen LogP) is 3.07. The van der Waals surface area contributed by atoms with Crippen LogP contribution in [-0.4, -0.2) is 5.16 Å². The molecule has 0 aliphatic rings. The van der Waals surface area contributed by atoms with Crippen LogP contribution >= 0.6 is 0 Å². The van der Waals surface area contributed by atoms with E-state index in [0.29, 0.717) is 11.3 Å². The predicted molar refractivity (Wildman–Crippen MR) is 63.6 cm³/mol. The second kappa shape index (κ2) is 4.00. The zero-order valence-electron chi connectivity index (χ0n) is 9.70. The van der Waals surface area contributed by atoms with Gasteiger partial charge in [-0.2, -0.15) is 5.16 Å². The Morgan fingerprint density at radius 3 is 2.69 bits per heavy atom. The van der Waals surface area contributed by atoms with Gasteiger partial charge in [-0.05, 0) is 18.9 Å². The SMILES string of the molecule is Cc1cccc(-c2o[nH]c(=O)c2C(C)C)c1. The van der Waals surface area contributed by atoms with Crippen molar-refractivity contribution in [2.75, 3.05) is 0 Å². The molecule has 0 fully saturated rings. The van der Waals surface area contributed by atoms with Crippen molar-refractivity contribution in [3.63, 3.8) is 0 Å². The minimum atomic E-state index is -0.133. The van der Waals surface area contributed by atoms with Crippen molar-refractivity contribution >= 4 is 0 Å². The van der Waals surface area contributed by atoms with E-state index >= 15 is 0 Å². The lowest BCUT2D eigenvalue weighted by molar-refractivity contribution is 0.425. The Balaban J connectivity index is 2.61. The number of aryl methyl sites for hydroxylation is 1. The molecule has 0 saturated heterocycles. The molecule has 16 heavy (non-hydrogen) atoms. The van der Waals surface area contributed by atoms with Crippen LogP contribution in [0.25, 0.3) is 11.3 Å². The van der Waals surface area contributed by atoms with Gasteiger partial charge in [-0.1, -0.05) is 37.6 Å². The van der Waals surface area contributed by atoms with Crippen LogP contribution in [0.1, 0.15) is 30.9 Å². The summed E-state index contributed by atoms with van der Waals surface area (Å²) in [6, 6.07) is 7.94. The van der Waals surface area contributed by atoms with E-state index in [1.54, 1.807) is 0 Å². The Hall–Kier alpha value is -1.77. The monoisotopic (exact) mass is 217 g/mol. The van der Waals surface area contributed by atoms with Gasteiger partial charge in [-0.25, -0.2) is 0 Å². The molecule has 1 aromatic carbocycles. The quantitative estimate of drug-likeness (QED) is 0.840. The van der Waals surface area contributed by atoms with Gasteiger partial charge in [-0.15, -0.1) is 0 Å². The van der Waals surface area contributed by atoms with Gasteiger partial charge in [0.05, 0.1) is 5.56 Å². The lowest BCUT2D eigenvalue weighted by atomic mass is 9.99. The Bertz CT molecular complexity index is 549. The first-order valence-corrected chi connectivity index (χ1v) is 5.38. The molecule has 0 saturated carbocycles. The smallest absolute Gasteiger partial charge is 0.283 e. The highest BCUT2D eigenvalue weighted by molar-refractivity contribution is 5.62. The lowest BCUT2D eigenvalue weighted by Crippen LogP contribution is -2.07. The normalized spacial score (nSPS) is 11.0. The summed E-state index contributed by atoms with van der Waals surface area (Å²) in [5.74, 6) is 0.807. The van der Waals surface area contributed by atoms with Crippen LogP contribution in [0.3, 0.4) is 0 Å². The lowest BCUT2D eigenvalue weighted by Gasteiger charge is -2.03. The van der Waals surface area contributed by atoms with Gasteiger partial charge < -0.3 is 4.52 Å². The summed E-state index contributed by atoms with van der Waals surface area (Å²) >= 11 is 0. The number of hydrogen-bond donors (Lipinski definition) is 1. The highest BCUT2D eigenvalue weighted by Crippen LogP contribution is 2.26. The first-order chi connectivity index (χ1) is 7.59. The van der Waals surface area contributed by atoms with Crippen LogP contribution in [-0.2, 0) is 0 Å². The van der Waals surface area contributed by atoms with E-state index in [2.05, 4.69) is 5.16 Å². The minimum Gasteiger partial charge on any atom is -0.378 e.